The highest BCUT2D eigenvalue weighted by molar-refractivity contribution is 5.92. The van der Waals surface area contributed by atoms with Gasteiger partial charge in [0.1, 0.15) is 5.82 Å². The van der Waals surface area contributed by atoms with Gasteiger partial charge in [-0.3, -0.25) is 0 Å². The van der Waals surface area contributed by atoms with Crippen LogP contribution in [0.15, 0.2) is 18.2 Å². The Morgan fingerprint density at radius 1 is 1.52 bits per heavy atom. The largest absolute Gasteiger partial charge is 0.478 e. The molecule has 6 nitrogen and oxygen atoms in total. The Morgan fingerprint density at radius 2 is 2.29 bits per heavy atom. The Kier molecular flexibility index (Phi) is 3.65. The molecule has 3 rings (SSSR count). The maximum Gasteiger partial charge on any atom is 0.335 e. The number of nitrogens with zero attached hydrogens (tertiary/aromatic N) is 2. The number of ether oxygens (including phenoxy) is 1. The van der Waals surface area contributed by atoms with Crippen molar-refractivity contribution in [2.45, 2.75) is 24.8 Å². The molecule has 1 heterocycles. The van der Waals surface area contributed by atoms with Crippen LogP contribution in [-0.2, 0) is 4.74 Å². The summed E-state index contributed by atoms with van der Waals surface area (Å²) in [4.78, 5) is 15.8. The van der Waals surface area contributed by atoms with Crippen molar-refractivity contribution in [1.82, 2.24) is 9.55 Å². The smallest absolute Gasteiger partial charge is 0.335 e. The number of carboxylic acids is 1. The van der Waals surface area contributed by atoms with E-state index in [-0.39, 0.29) is 18.2 Å². The minimum atomic E-state index is -0.968. The Hall–Kier alpha value is -1.92. The predicted octanol–water partition coefficient (Wildman–Crippen LogP) is 1.79. The lowest BCUT2D eigenvalue weighted by Crippen LogP contribution is -2.20. The molecule has 0 aliphatic heterocycles. The van der Waals surface area contributed by atoms with Gasteiger partial charge in [0.2, 0.25) is 0 Å². The van der Waals surface area contributed by atoms with E-state index in [0.29, 0.717) is 12.5 Å². The second-order valence-corrected chi connectivity index (χ2v) is 5.41. The van der Waals surface area contributed by atoms with Crippen molar-refractivity contribution >= 4 is 17.0 Å². The zero-order valence-corrected chi connectivity index (χ0v) is 11.8. The fourth-order valence-corrected chi connectivity index (χ4v) is 2.66. The van der Waals surface area contributed by atoms with E-state index in [1.165, 1.54) is 0 Å². The monoisotopic (exact) mass is 290 g/mol. The Morgan fingerprint density at radius 3 is 2.86 bits per heavy atom. The van der Waals surface area contributed by atoms with Crippen LogP contribution in [0.3, 0.4) is 0 Å². The fourth-order valence-electron chi connectivity index (χ4n) is 2.66. The van der Waals surface area contributed by atoms with Gasteiger partial charge in [0.25, 0.3) is 0 Å². The van der Waals surface area contributed by atoms with E-state index in [9.17, 15) is 9.90 Å². The van der Waals surface area contributed by atoms with Crippen LogP contribution in [0.4, 0.5) is 0 Å². The number of carbonyl (C=O) groups is 1. The van der Waals surface area contributed by atoms with Gasteiger partial charge in [-0.15, -0.1) is 0 Å². The topological polar surface area (TPSA) is 84.6 Å². The van der Waals surface area contributed by atoms with Crippen LogP contribution in [0.2, 0.25) is 0 Å². The molecule has 0 saturated heterocycles. The first-order valence-corrected chi connectivity index (χ1v) is 7.00. The molecule has 1 saturated carbocycles. The van der Waals surface area contributed by atoms with E-state index < -0.39 is 5.97 Å². The number of aromatic nitrogens is 2. The highest BCUT2D eigenvalue weighted by atomic mass is 16.5. The van der Waals surface area contributed by atoms with Gasteiger partial charge in [-0.25, -0.2) is 9.78 Å². The SMILES string of the molecule is COCC(CO)n1c(C2CC2)nc2ccc(C(=O)O)cc21. The van der Waals surface area contributed by atoms with Gasteiger partial charge in [-0.05, 0) is 31.0 Å². The van der Waals surface area contributed by atoms with E-state index in [1.54, 1.807) is 25.3 Å². The summed E-state index contributed by atoms with van der Waals surface area (Å²) in [5, 5.41) is 18.8. The van der Waals surface area contributed by atoms with Crippen LogP contribution in [0.25, 0.3) is 11.0 Å². The summed E-state index contributed by atoms with van der Waals surface area (Å²) >= 11 is 0. The first kappa shape index (κ1) is 14.0. The third kappa shape index (κ3) is 2.52. The standard InChI is InChI=1S/C15H18N2O4/c1-21-8-11(7-18)17-13-6-10(15(19)20)4-5-12(13)16-14(17)9-2-3-9/h4-6,9,11,18H,2-3,7-8H2,1H3,(H,19,20). The summed E-state index contributed by atoms with van der Waals surface area (Å²) < 4.78 is 7.12. The molecule has 1 aromatic carbocycles. The molecule has 0 amide bonds. The summed E-state index contributed by atoms with van der Waals surface area (Å²) in [5.41, 5.74) is 1.73. The average molecular weight is 290 g/mol. The molecular formula is C15H18N2O4. The van der Waals surface area contributed by atoms with Crippen LogP contribution in [-0.4, -0.2) is 46.1 Å². The Labute approximate surface area is 122 Å². The van der Waals surface area contributed by atoms with Gasteiger partial charge >= 0.3 is 5.97 Å². The lowest BCUT2D eigenvalue weighted by molar-refractivity contribution is 0.0697. The molecule has 21 heavy (non-hydrogen) atoms. The van der Waals surface area contributed by atoms with E-state index >= 15 is 0 Å². The number of carboxylic acid groups (broad SMARTS) is 1. The predicted molar refractivity (Wildman–Crippen MR) is 76.7 cm³/mol. The zero-order chi connectivity index (χ0) is 15.0. The first-order valence-electron chi connectivity index (χ1n) is 7.00. The number of imidazole rings is 1. The highest BCUT2D eigenvalue weighted by Gasteiger charge is 2.32. The van der Waals surface area contributed by atoms with Crippen molar-refractivity contribution in [3.63, 3.8) is 0 Å². The zero-order valence-electron chi connectivity index (χ0n) is 11.8. The van der Waals surface area contributed by atoms with Crippen LogP contribution < -0.4 is 0 Å². The second kappa shape index (κ2) is 5.46. The third-order valence-electron chi connectivity index (χ3n) is 3.84. The van der Waals surface area contributed by atoms with Crippen molar-refractivity contribution in [3.8, 4) is 0 Å². The molecule has 2 aromatic rings. The number of aliphatic hydroxyl groups excluding tert-OH is 1. The van der Waals surface area contributed by atoms with Gasteiger partial charge in [0, 0.05) is 13.0 Å². The van der Waals surface area contributed by atoms with E-state index in [0.717, 1.165) is 29.7 Å². The minimum absolute atomic E-state index is 0.0731. The number of aromatic carboxylic acids is 1. The Bertz CT molecular complexity index is 676. The number of hydrogen-bond donors (Lipinski definition) is 2. The maximum absolute atomic E-state index is 11.2. The molecule has 1 unspecified atom stereocenters. The van der Waals surface area contributed by atoms with Crippen LogP contribution >= 0.6 is 0 Å². The van der Waals surface area contributed by atoms with E-state index in [4.69, 9.17) is 9.84 Å². The molecule has 1 fully saturated rings. The van der Waals surface area contributed by atoms with Gasteiger partial charge in [0.15, 0.2) is 0 Å². The van der Waals surface area contributed by atoms with E-state index in [1.807, 2.05) is 4.57 Å². The maximum atomic E-state index is 11.2. The van der Waals surface area contributed by atoms with Gasteiger partial charge in [0.05, 0.1) is 35.9 Å². The van der Waals surface area contributed by atoms with Gasteiger partial charge in [-0.1, -0.05) is 0 Å². The van der Waals surface area contributed by atoms with Crippen molar-refractivity contribution in [1.29, 1.82) is 0 Å². The van der Waals surface area contributed by atoms with Crippen LogP contribution in [0, 0.1) is 0 Å². The molecule has 1 aliphatic carbocycles. The number of methoxy groups -OCH3 is 1. The molecule has 112 valence electrons. The van der Waals surface area contributed by atoms with Crippen molar-refractivity contribution in [2.24, 2.45) is 0 Å². The lowest BCUT2D eigenvalue weighted by atomic mass is 10.2. The minimum Gasteiger partial charge on any atom is -0.478 e. The molecule has 0 radical (unpaired) electrons. The number of rotatable bonds is 6. The number of hydrogen-bond acceptors (Lipinski definition) is 4. The quantitative estimate of drug-likeness (QED) is 0.847. The molecule has 1 aliphatic rings. The number of aliphatic hydroxyl groups is 1. The van der Waals surface area contributed by atoms with Crippen molar-refractivity contribution < 1.29 is 19.7 Å². The normalized spacial score (nSPS) is 16.3. The molecule has 1 atom stereocenters. The summed E-state index contributed by atoms with van der Waals surface area (Å²) in [7, 11) is 1.58. The van der Waals surface area contributed by atoms with Crippen LogP contribution in [0.1, 0.15) is 41.0 Å². The van der Waals surface area contributed by atoms with Crippen molar-refractivity contribution in [2.75, 3.05) is 20.3 Å². The molecule has 1 aromatic heterocycles. The molecular weight excluding hydrogens is 272 g/mol. The van der Waals surface area contributed by atoms with Crippen LogP contribution in [0.5, 0.6) is 0 Å². The molecule has 2 N–H and O–H groups in total. The highest BCUT2D eigenvalue weighted by Crippen LogP contribution is 2.41. The molecule has 0 bridgehead atoms. The molecule has 0 spiro atoms. The second-order valence-electron chi connectivity index (χ2n) is 5.41. The first-order chi connectivity index (χ1) is 10.2. The average Bonchev–Trinajstić information content (AvgIpc) is 3.25. The van der Waals surface area contributed by atoms with Gasteiger partial charge in [-0.2, -0.15) is 0 Å². The fraction of sp³-hybridized carbons (Fsp3) is 0.467. The number of benzene rings is 1. The summed E-state index contributed by atoms with van der Waals surface area (Å²) in [5.74, 6) is 0.352. The lowest BCUT2D eigenvalue weighted by Gasteiger charge is -2.19. The van der Waals surface area contributed by atoms with Gasteiger partial charge < -0.3 is 19.5 Å². The number of fused-ring (bicyclic) bond motifs is 1. The summed E-state index contributed by atoms with van der Waals surface area (Å²) in [6.07, 6.45) is 2.17. The van der Waals surface area contributed by atoms with E-state index in [2.05, 4.69) is 4.98 Å². The van der Waals surface area contributed by atoms with Crippen molar-refractivity contribution in [3.05, 3.63) is 29.6 Å². The summed E-state index contributed by atoms with van der Waals surface area (Å²) in [6, 6.07) is 4.65. The summed E-state index contributed by atoms with van der Waals surface area (Å²) in [6.45, 7) is 0.287. The molecule has 6 heteroatoms. The Balaban J connectivity index is 2.18. The third-order valence-corrected chi connectivity index (χ3v) is 3.84.